The van der Waals surface area contributed by atoms with Crippen LogP contribution in [-0.4, -0.2) is 24.3 Å². The lowest BCUT2D eigenvalue weighted by molar-refractivity contribution is -0.115. The molecule has 0 atom stereocenters. The summed E-state index contributed by atoms with van der Waals surface area (Å²) in [6.07, 6.45) is 0.233. The Morgan fingerprint density at radius 3 is 2.28 bits per heavy atom. The van der Waals surface area contributed by atoms with Gasteiger partial charge in [-0.2, -0.15) is 0 Å². The van der Waals surface area contributed by atoms with Gasteiger partial charge < -0.3 is 10.1 Å². The molecule has 0 aliphatic rings. The van der Waals surface area contributed by atoms with Gasteiger partial charge in [0.2, 0.25) is 5.91 Å². The molecule has 6 heteroatoms. The Labute approximate surface area is 176 Å². The predicted octanol–water partition coefficient (Wildman–Crippen LogP) is 4.67. The molecule has 29 heavy (non-hydrogen) atoms. The molecular weight excluding hydrogens is 434 g/mol. The fourth-order valence-corrected chi connectivity index (χ4v) is 2.91. The molecule has 0 aromatic heterocycles. The normalized spacial score (nSPS) is 10.2. The van der Waals surface area contributed by atoms with Crippen molar-refractivity contribution in [2.24, 2.45) is 0 Å². The first-order valence-corrected chi connectivity index (χ1v) is 9.70. The van der Waals surface area contributed by atoms with Gasteiger partial charge >= 0.3 is 5.97 Å². The highest BCUT2D eigenvalue weighted by Gasteiger charge is 2.13. The maximum absolute atomic E-state index is 12.3. The first-order chi connectivity index (χ1) is 14.0. The van der Waals surface area contributed by atoms with E-state index >= 15 is 0 Å². The van der Waals surface area contributed by atoms with E-state index in [2.05, 4.69) is 21.2 Å². The number of Topliss-reactive ketones (excluding diaryl/α,β-unsaturated/α-hetero) is 1. The number of halogens is 1. The van der Waals surface area contributed by atoms with Crippen molar-refractivity contribution < 1.29 is 19.1 Å². The number of ketones is 1. The number of nitrogens with one attached hydrogen (secondary N) is 1. The first kappa shape index (κ1) is 20.5. The Balaban J connectivity index is 1.56. The van der Waals surface area contributed by atoms with Crippen LogP contribution in [0.2, 0.25) is 0 Å². The van der Waals surface area contributed by atoms with Crippen molar-refractivity contribution in [2.75, 3.05) is 11.9 Å². The maximum atomic E-state index is 12.3. The summed E-state index contributed by atoms with van der Waals surface area (Å²) in [6, 6.07) is 22.6. The van der Waals surface area contributed by atoms with Gasteiger partial charge in [-0.15, -0.1) is 0 Å². The van der Waals surface area contributed by atoms with E-state index in [1.54, 1.807) is 42.5 Å². The Morgan fingerprint density at radius 1 is 0.828 bits per heavy atom. The summed E-state index contributed by atoms with van der Waals surface area (Å²) in [5, 5.41) is 2.76. The number of rotatable bonds is 7. The zero-order chi connectivity index (χ0) is 20.6. The van der Waals surface area contributed by atoms with Crippen LogP contribution in [0.5, 0.6) is 0 Å². The fraction of sp³-hybridized carbons (Fsp3) is 0.0870. The second kappa shape index (κ2) is 9.80. The van der Waals surface area contributed by atoms with Crippen LogP contribution in [-0.2, 0) is 16.0 Å². The molecule has 146 valence electrons. The van der Waals surface area contributed by atoms with Crippen molar-refractivity contribution in [1.29, 1.82) is 0 Å². The molecule has 0 spiro atoms. The van der Waals surface area contributed by atoms with Crippen LogP contribution in [0.4, 0.5) is 5.69 Å². The average Bonchev–Trinajstić information content (AvgIpc) is 2.73. The number of hydrogen-bond acceptors (Lipinski definition) is 4. The quantitative estimate of drug-likeness (QED) is 0.418. The Morgan fingerprint density at radius 2 is 1.55 bits per heavy atom. The molecule has 3 aromatic rings. The number of esters is 1. The van der Waals surface area contributed by atoms with Gasteiger partial charge in [-0.25, -0.2) is 4.79 Å². The van der Waals surface area contributed by atoms with Gasteiger partial charge in [0.05, 0.1) is 12.0 Å². The third kappa shape index (κ3) is 6.12. The van der Waals surface area contributed by atoms with Crippen molar-refractivity contribution in [3.8, 4) is 0 Å². The maximum Gasteiger partial charge on any atom is 0.338 e. The van der Waals surface area contributed by atoms with Gasteiger partial charge in [-0.3, -0.25) is 9.59 Å². The zero-order valence-electron chi connectivity index (χ0n) is 15.4. The van der Waals surface area contributed by atoms with Gasteiger partial charge in [0, 0.05) is 15.7 Å². The molecule has 5 nitrogen and oxygen atoms in total. The van der Waals surface area contributed by atoms with E-state index < -0.39 is 5.97 Å². The number of carbonyl (C=O) groups is 3. The summed E-state index contributed by atoms with van der Waals surface area (Å²) in [4.78, 5) is 36.6. The highest BCUT2D eigenvalue weighted by Crippen LogP contribution is 2.14. The van der Waals surface area contributed by atoms with Crippen molar-refractivity contribution in [3.05, 3.63) is 100 Å². The standard InChI is InChI=1S/C23H18BrNO4/c24-19-11-9-17(10-12-19)21(26)15-29-23(28)18-7-4-8-20(14-18)25-22(27)13-16-5-2-1-3-6-16/h1-12,14H,13,15H2,(H,25,27). The number of anilines is 1. The second-order valence-electron chi connectivity index (χ2n) is 6.30. The van der Waals surface area contributed by atoms with Crippen molar-refractivity contribution in [2.45, 2.75) is 6.42 Å². The van der Waals surface area contributed by atoms with Gasteiger partial charge in [-0.05, 0) is 35.9 Å². The van der Waals surface area contributed by atoms with Crippen LogP contribution in [0.3, 0.4) is 0 Å². The van der Waals surface area contributed by atoms with E-state index in [0.717, 1.165) is 10.0 Å². The third-order valence-corrected chi connectivity index (χ3v) is 4.62. The molecule has 0 unspecified atom stereocenters. The van der Waals surface area contributed by atoms with Gasteiger partial charge in [0.25, 0.3) is 0 Å². The van der Waals surface area contributed by atoms with Gasteiger partial charge in [-0.1, -0.05) is 64.5 Å². The van der Waals surface area contributed by atoms with E-state index in [9.17, 15) is 14.4 Å². The van der Waals surface area contributed by atoms with E-state index in [0.29, 0.717) is 11.3 Å². The molecule has 1 N–H and O–H groups in total. The number of benzene rings is 3. The Kier molecular flexibility index (Phi) is 6.92. The smallest absolute Gasteiger partial charge is 0.338 e. The minimum Gasteiger partial charge on any atom is -0.454 e. The summed E-state index contributed by atoms with van der Waals surface area (Å²) in [7, 11) is 0. The summed E-state index contributed by atoms with van der Waals surface area (Å²) in [5.74, 6) is -1.11. The van der Waals surface area contributed by atoms with Crippen molar-refractivity contribution >= 4 is 39.3 Å². The summed E-state index contributed by atoms with van der Waals surface area (Å²) >= 11 is 3.30. The molecule has 0 aliphatic carbocycles. The van der Waals surface area contributed by atoms with E-state index in [1.165, 1.54) is 6.07 Å². The highest BCUT2D eigenvalue weighted by molar-refractivity contribution is 9.10. The minimum atomic E-state index is -0.630. The number of ether oxygens (including phenoxy) is 1. The zero-order valence-corrected chi connectivity index (χ0v) is 17.0. The van der Waals surface area contributed by atoms with E-state index in [4.69, 9.17) is 4.74 Å². The van der Waals surface area contributed by atoms with Gasteiger partial charge in [0.15, 0.2) is 12.4 Å². The summed E-state index contributed by atoms with van der Waals surface area (Å²) < 4.78 is 5.98. The predicted molar refractivity (Wildman–Crippen MR) is 114 cm³/mol. The van der Waals surface area contributed by atoms with Crippen molar-refractivity contribution in [1.82, 2.24) is 0 Å². The first-order valence-electron chi connectivity index (χ1n) is 8.91. The lowest BCUT2D eigenvalue weighted by Crippen LogP contribution is -2.16. The average molecular weight is 452 g/mol. The minimum absolute atomic E-state index is 0.188. The van der Waals surface area contributed by atoms with Crippen LogP contribution in [0.15, 0.2) is 83.3 Å². The number of hydrogen-bond donors (Lipinski definition) is 1. The van der Waals surface area contributed by atoms with E-state index in [1.807, 2.05) is 30.3 Å². The molecule has 1 amide bonds. The molecule has 0 heterocycles. The van der Waals surface area contributed by atoms with Crippen LogP contribution in [0.25, 0.3) is 0 Å². The van der Waals surface area contributed by atoms with Crippen molar-refractivity contribution in [3.63, 3.8) is 0 Å². The Hall–Kier alpha value is -3.25. The molecule has 3 aromatic carbocycles. The third-order valence-electron chi connectivity index (χ3n) is 4.09. The van der Waals surface area contributed by atoms with Crippen LogP contribution in [0.1, 0.15) is 26.3 Å². The molecule has 0 saturated heterocycles. The van der Waals surface area contributed by atoms with Crippen LogP contribution < -0.4 is 5.32 Å². The molecule has 0 fully saturated rings. The monoisotopic (exact) mass is 451 g/mol. The highest BCUT2D eigenvalue weighted by atomic mass is 79.9. The largest absolute Gasteiger partial charge is 0.454 e. The number of carbonyl (C=O) groups excluding carboxylic acids is 3. The SMILES string of the molecule is O=C(Cc1ccccc1)Nc1cccc(C(=O)OCC(=O)c2ccc(Br)cc2)c1. The summed E-state index contributed by atoms with van der Waals surface area (Å²) in [5.41, 5.74) is 2.10. The second-order valence-corrected chi connectivity index (χ2v) is 7.21. The molecule has 0 saturated carbocycles. The molecular formula is C23H18BrNO4. The lowest BCUT2D eigenvalue weighted by Gasteiger charge is -2.08. The van der Waals surface area contributed by atoms with Crippen LogP contribution in [0, 0.1) is 0 Å². The molecule has 0 bridgehead atoms. The number of amides is 1. The lowest BCUT2D eigenvalue weighted by atomic mass is 10.1. The van der Waals surface area contributed by atoms with Crippen LogP contribution >= 0.6 is 15.9 Å². The van der Waals surface area contributed by atoms with E-state index in [-0.39, 0.29) is 30.3 Å². The van der Waals surface area contributed by atoms with Gasteiger partial charge in [0.1, 0.15) is 0 Å². The molecule has 0 aliphatic heterocycles. The molecule has 3 rings (SSSR count). The summed E-state index contributed by atoms with van der Waals surface area (Å²) in [6.45, 7) is -0.356. The fourth-order valence-electron chi connectivity index (χ4n) is 2.64. The Bertz CT molecular complexity index is 1020. The topological polar surface area (TPSA) is 72.5 Å². The molecule has 0 radical (unpaired) electrons.